The lowest BCUT2D eigenvalue weighted by Crippen LogP contribution is -2.34. The summed E-state index contributed by atoms with van der Waals surface area (Å²) in [5.41, 5.74) is 0. The Bertz CT molecular complexity index is 220. The Balaban J connectivity index is 1.96. The van der Waals surface area contributed by atoms with Crippen molar-refractivity contribution in [2.24, 2.45) is 0 Å². The smallest absolute Gasteiger partial charge is 0.0897 e. The van der Waals surface area contributed by atoms with E-state index in [1.54, 1.807) is 6.26 Å². The van der Waals surface area contributed by atoms with Crippen molar-refractivity contribution in [2.45, 2.75) is 44.3 Å². The second kappa shape index (κ2) is 9.03. The molecule has 0 spiro atoms. The summed E-state index contributed by atoms with van der Waals surface area (Å²) in [6, 6.07) is 0. The first-order chi connectivity index (χ1) is 8.18. The summed E-state index contributed by atoms with van der Waals surface area (Å²) in [7, 11) is -0.763. The predicted molar refractivity (Wildman–Crippen MR) is 70.6 cm³/mol. The van der Waals surface area contributed by atoms with Crippen LogP contribution in [0, 0.1) is 0 Å². The van der Waals surface area contributed by atoms with Crippen molar-refractivity contribution >= 4 is 10.8 Å². The zero-order valence-electron chi connectivity index (χ0n) is 10.7. The number of rotatable bonds is 8. The molecule has 1 rings (SSSR count). The molecular formula is C12H25NO3S. The largest absolute Gasteiger partial charge is 0.389 e. The van der Waals surface area contributed by atoms with Gasteiger partial charge >= 0.3 is 0 Å². The second-order valence-electron chi connectivity index (χ2n) is 4.73. The van der Waals surface area contributed by atoms with Gasteiger partial charge in [-0.05, 0) is 12.8 Å². The second-order valence-corrected chi connectivity index (χ2v) is 6.28. The Hall–Kier alpha value is 0.0300. The normalized spacial score (nSPS) is 21.3. The molecule has 0 aromatic rings. The number of aliphatic hydroxyl groups is 1. The van der Waals surface area contributed by atoms with E-state index in [1.165, 1.54) is 19.3 Å². The molecule has 5 heteroatoms. The van der Waals surface area contributed by atoms with Crippen LogP contribution in [0.15, 0.2) is 0 Å². The van der Waals surface area contributed by atoms with Crippen molar-refractivity contribution < 1.29 is 14.1 Å². The first kappa shape index (κ1) is 15.1. The molecule has 0 bridgehead atoms. The van der Waals surface area contributed by atoms with E-state index in [0.717, 1.165) is 12.8 Å². The highest BCUT2D eigenvalue weighted by molar-refractivity contribution is 7.84. The van der Waals surface area contributed by atoms with E-state index < -0.39 is 16.9 Å². The van der Waals surface area contributed by atoms with Crippen LogP contribution in [0.3, 0.4) is 0 Å². The Kier molecular flexibility index (Phi) is 8.01. The molecule has 0 aromatic carbocycles. The Morgan fingerprint density at radius 2 is 2.12 bits per heavy atom. The minimum absolute atomic E-state index is 0.349. The minimum Gasteiger partial charge on any atom is -0.389 e. The first-order valence-corrected chi connectivity index (χ1v) is 8.21. The third kappa shape index (κ3) is 7.86. The van der Waals surface area contributed by atoms with Crippen molar-refractivity contribution in [1.82, 2.24) is 5.32 Å². The van der Waals surface area contributed by atoms with E-state index in [0.29, 0.717) is 31.6 Å². The summed E-state index contributed by atoms with van der Waals surface area (Å²) < 4.78 is 16.5. The van der Waals surface area contributed by atoms with E-state index in [1.807, 2.05) is 0 Å². The van der Waals surface area contributed by atoms with Crippen molar-refractivity contribution in [1.29, 1.82) is 0 Å². The van der Waals surface area contributed by atoms with Crippen molar-refractivity contribution in [3.8, 4) is 0 Å². The van der Waals surface area contributed by atoms with Crippen LogP contribution in [-0.2, 0) is 15.5 Å². The van der Waals surface area contributed by atoms with Crippen LogP contribution in [0.25, 0.3) is 0 Å². The van der Waals surface area contributed by atoms with E-state index in [2.05, 4.69) is 5.32 Å². The van der Waals surface area contributed by atoms with Crippen molar-refractivity contribution in [3.63, 3.8) is 0 Å². The zero-order valence-corrected chi connectivity index (χ0v) is 11.5. The fourth-order valence-corrected chi connectivity index (χ4v) is 2.45. The molecule has 2 atom stereocenters. The van der Waals surface area contributed by atoms with Crippen LogP contribution in [0.1, 0.15) is 32.1 Å². The summed E-state index contributed by atoms with van der Waals surface area (Å²) in [6.45, 7) is 1.61. The molecule has 2 N–H and O–H groups in total. The minimum atomic E-state index is -0.763. The van der Waals surface area contributed by atoms with Gasteiger partial charge in [-0.3, -0.25) is 4.21 Å². The van der Waals surface area contributed by atoms with Gasteiger partial charge in [0.25, 0.3) is 0 Å². The number of aliphatic hydroxyl groups excluding tert-OH is 1. The fraction of sp³-hybridized carbons (Fsp3) is 1.00. The van der Waals surface area contributed by atoms with E-state index in [9.17, 15) is 9.32 Å². The van der Waals surface area contributed by atoms with Crippen LogP contribution in [0.4, 0.5) is 0 Å². The molecule has 1 aliphatic carbocycles. The van der Waals surface area contributed by atoms with E-state index in [4.69, 9.17) is 4.74 Å². The van der Waals surface area contributed by atoms with E-state index >= 15 is 0 Å². The monoisotopic (exact) mass is 263 g/mol. The van der Waals surface area contributed by atoms with Crippen molar-refractivity contribution in [3.05, 3.63) is 0 Å². The summed E-state index contributed by atoms with van der Waals surface area (Å²) in [6.07, 6.45) is 7.67. The number of hydrogen-bond acceptors (Lipinski definition) is 4. The third-order valence-electron chi connectivity index (χ3n) is 3.02. The highest BCUT2D eigenvalue weighted by atomic mass is 32.2. The highest BCUT2D eigenvalue weighted by Gasteiger charge is 2.15. The lowest BCUT2D eigenvalue weighted by atomic mass is 9.98. The fourth-order valence-electron chi connectivity index (χ4n) is 2.02. The number of ether oxygens (including phenoxy) is 1. The van der Waals surface area contributed by atoms with Gasteiger partial charge in [-0.2, -0.15) is 0 Å². The average molecular weight is 263 g/mol. The summed E-state index contributed by atoms with van der Waals surface area (Å²) >= 11 is 0. The molecule has 0 amide bonds. The van der Waals surface area contributed by atoms with Gasteiger partial charge in [0, 0.05) is 35.9 Å². The first-order valence-electron chi connectivity index (χ1n) is 6.49. The number of nitrogens with one attached hydrogen (secondary N) is 1. The maximum absolute atomic E-state index is 10.8. The molecule has 2 unspecified atom stereocenters. The van der Waals surface area contributed by atoms with Crippen LogP contribution in [0.2, 0.25) is 0 Å². The van der Waals surface area contributed by atoms with Crippen LogP contribution >= 0.6 is 0 Å². The lowest BCUT2D eigenvalue weighted by Gasteiger charge is -2.23. The molecule has 1 aliphatic rings. The molecule has 17 heavy (non-hydrogen) atoms. The van der Waals surface area contributed by atoms with Crippen LogP contribution < -0.4 is 5.32 Å². The highest BCUT2D eigenvalue weighted by Crippen LogP contribution is 2.20. The summed E-state index contributed by atoms with van der Waals surface area (Å²) in [5, 5.41) is 12.8. The predicted octanol–water partition coefficient (Wildman–Crippen LogP) is 0.665. The van der Waals surface area contributed by atoms with Gasteiger partial charge in [-0.25, -0.2) is 0 Å². The maximum atomic E-state index is 10.8. The quantitative estimate of drug-likeness (QED) is 0.632. The van der Waals surface area contributed by atoms with E-state index in [-0.39, 0.29) is 0 Å². The van der Waals surface area contributed by atoms with Gasteiger partial charge in [0.05, 0.1) is 18.8 Å². The SMILES string of the molecule is CS(=O)CCNCC(O)COC1CCCCC1. The molecule has 4 nitrogen and oxygen atoms in total. The van der Waals surface area contributed by atoms with Gasteiger partial charge < -0.3 is 15.2 Å². The average Bonchev–Trinajstić information content (AvgIpc) is 2.33. The van der Waals surface area contributed by atoms with Crippen LogP contribution in [0.5, 0.6) is 0 Å². The zero-order chi connectivity index (χ0) is 12.5. The Morgan fingerprint density at radius 1 is 1.41 bits per heavy atom. The van der Waals surface area contributed by atoms with Gasteiger partial charge in [0.2, 0.25) is 0 Å². The molecule has 102 valence electrons. The topological polar surface area (TPSA) is 58.6 Å². The molecular weight excluding hydrogens is 238 g/mol. The lowest BCUT2D eigenvalue weighted by molar-refractivity contribution is -0.0228. The summed E-state index contributed by atoms with van der Waals surface area (Å²) in [4.78, 5) is 0. The molecule has 0 aromatic heterocycles. The van der Waals surface area contributed by atoms with Gasteiger partial charge in [-0.15, -0.1) is 0 Å². The molecule has 0 heterocycles. The molecule has 0 radical (unpaired) electrons. The molecule has 1 fully saturated rings. The number of hydrogen-bond donors (Lipinski definition) is 2. The van der Waals surface area contributed by atoms with Crippen LogP contribution in [-0.4, -0.2) is 53.2 Å². The Labute approximate surface area is 107 Å². The molecule has 0 saturated heterocycles. The standard InChI is InChI=1S/C12H25NO3S/c1-17(15)8-7-13-9-11(14)10-16-12-5-3-2-4-6-12/h11-14H,2-10H2,1H3. The van der Waals surface area contributed by atoms with Gasteiger partial charge in [0.15, 0.2) is 0 Å². The third-order valence-corrected chi connectivity index (χ3v) is 3.80. The van der Waals surface area contributed by atoms with Gasteiger partial charge in [-0.1, -0.05) is 19.3 Å². The molecule has 1 saturated carbocycles. The molecule has 0 aliphatic heterocycles. The Morgan fingerprint density at radius 3 is 2.76 bits per heavy atom. The summed E-state index contributed by atoms with van der Waals surface area (Å²) in [5.74, 6) is 0.635. The van der Waals surface area contributed by atoms with Crippen molar-refractivity contribution in [2.75, 3.05) is 31.7 Å². The maximum Gasteiger partial charge on any atom is 0.0897 e. The van der Waals surface area contributed by atoms with Gasteiger partial charge in [0.1, 0.15) is 0 Å².